The summed E-state index contributed by atoms with van der Waals surface area (Å²) in [7, 11) is 2.06. The summed E-state index contributed by atoms with van der Waals surface area (Å²) < 4.78 is 5.59. The van der Waals surface area contributed by atoms with Crippen LogP contribution in [0.5, 0.6) is 0 Å². The number of benzene rings is 1. The summed E-state index contributed by atoms with van der Waals surface area (Å²) in [5.41, 5.74) is 1.46. The fourth-order valence-electron chi connectivity index (χ4n) is 2.26. The maximum Gasteiger partial charge on any atom is 0.335 e. The van der Waals surface area contributed by atoms with Crippen molar-refractivity contribution in [1.82, 2.24) is 4.90 Å². The maximum atomic E-state index is 10.7. The zero-order valence-electron chi connectivity index (χ0n) is 10.6. The molecule has 1 unspecified atom stereocenters. The first-order valence-electron chi connectivity index (χ1n) is 6.27. The second-order valence-corrected chi connectivity index (χ2v) is 4.83. The second kappa shape index (κ2) is 5.98. The van der Waals surface area contributed by atoms with Gasteiger partial charge in [0.05, 0.1) is 11.7 Å². The smallest absolute Gasteiger partial charge is 0.335 e. The number of hydrogen-bond donors (Lipinski definition) is 1. The standard InChI is InChI=1S/C14H19NO3/c1-15(10-13-3-2-8-18-13)9-11-4-6-12(7-5-11)14(16)17/h4-7,13H,2-3,8-10H2,1H3,(H,16,17). The van der Waals surface area contributed by atoms with Crippen molar-refractivity contribution in [3.8, 4) is 0 Å². The normalized spacial score (nSPS) is 19.3. The van der Waals surface area contributed by atoms with E-state index in [1.165, 1.54) is 0 Å². The Morgan fingerprint density at radius 2 is 2.17 bits per heavy atom. The van der Waals surface area contributed by atoms with E-state index in [1.54, 1.807) is 12.1 Å². The second-order valence-electron chi connectivity index (χ2n) is 4.83. The van der Waals surface area contributed by atoms with Gasteiger partial charge in [-0.05, 0) is 37.6 Å². The van der Waals surface area contributed by atoms with Gasteiger partial charge in [-0.25, -0.2) is 4.79 Å². The van der Waals surface area contributed by atoms with E-state index in [0.717, 1.165) is 38.1 Å². The molecule has 98 valence electrons. The van der Waals surface area contributed by atoms with Gasteiger partial charge in [0.2, 0.25) is 0 Å². The molecule has 0 saturated carbocycles. The Kier molecular flexibility index (Phi) is 4.33. The molecule has 1 heterocycles. The number of hydrogen-bond acceptors (Lipinski definition) is 3. The number of carboxylic acid groups (broad SMARTS) is 1. The molecule has 18 heavy (non-hydrogen) atoms. The third-order valence-corrected chi connectivity index (χ3v) is 3.19. The van der Waals surface area contributed by atoms with Crippen LogP contribution < -0.4 is 0 Å². The van der Waals surface area contributed by atoms with Crippen LogP contribution in [0, 0.1) is 0 Å². The van der Waals surface area contributed by atoms with Crippen molar-refractivity contribution in [2.75, 3.05) is 20.2 Å². The Balaban J connectivity index is 1.86. The van der Waals surface area contributed by atoms with Crippen molar-refractivity contribution in [2.24, 2.45) is 0 Å². The predicted octanol–water partition coefficient (Wildman–Crippen LogP) is 2.00. The molecule has 0 aromatic heterocycles. The summed E-state index contributed by atoms with van der Waals surface area (Å²) in [5.74, 6) is -0.880. The molecular formula is C14H19NO3. The van der Waals surface area contributed by atoms with Gasteiger partial charge < -0.3 is 9.84 Å². The molecule has 0 bridgehead atoms. The van der Waals surface area contributed by atoms with Crippen molar-refractivity contribution in [3.05, 3.63) is 35.4 Å². The van der Waals surface area contributed by atoms with Gasteiger partial charge in [-0.2, -0.15) is 0 Å². The van der Waals surface area contributed by atoms with Gasteiger partial charge in [-0.15, -0.1) is 0 Å². The van der Waals surface area contributed by atoms with Crippen molar-refractivity contribution < 1.29 is 14.6 Å². The van der Waals surface area contributed by atoms with Gasteiger partial charge in [0.1, 0.15) is 0 Å². The lowest BCUT2D eigenvalue weighted by atomic mass is 10.1. The summed E-state index contributed by atoms with van der Waals surface area (Å²) in [4.78, 5) is 13.0. The lowest BCUT2D eigenvalue weighted by molar-refractivity contribution is 0.0697. The minimum atomic E-state index is -0.880. The van der Waals surface area contributed by atoms with E-state index in [2.05, 4.69) is 11.9 Å². The molecule has 1 atom stereocenters. The fraction of sp³-hybridized carbons (Fsp3) is 0.500. The van der Waals surface area contributed by atoms with E-state index in [0.29, 0.717) is 11.7 Å². The van der Waals surface area contributed by atoms with Crippen molar-refractivity contribution in [2.45, 2.75) is 25.5 Å². The van der Waals surface area contributed by atoms with Crippen molar-refractivity contribution in [3.63, 3.8) is 0 Å². The quantitative estimate of drug-likeness (QED) is 0.867. The molecule has 1 fully saturated rings. The van der Waals surface area contributed by atoms with Crippen molar-refractivity contribution in [1.29, 1.82) is 0 Å². The molecule has 2 rings (SSSR count). The van der Waals surface area contributed by atoms with Crippen LogP contribution in [0.4, 0.5) is 0 Å². The van der Waals surface area contributed by atoms with E-state index < -0.39 is 5.97 Å². The molecule has 1 aromatic carbocycles. The van der Waals surface area contributed by atoms with Crippen LogP contribution in [0.3, 0.4) is 0 Å². The van der Waals surface area contributed by atoms with Gasteiger partial charge in [-0.3, -0.25) is 4.90 Å². The number of carboxylic acids is 1. The van der Waals surface area contributed by atoms with Crippen LogP contribution in [-0.2, 0) is 11.3 Å². The average molecular weight is 249 g/mol. The Bertz CT molecular complexity index is 396. The third kappa shape index (κ3) is 3.55. The molecule has 1 N–H and O–H groups in total. The molecule has 4 heteroatoms. The highest BCUT2D eigenvalue weighted by atomic mass is 16.5. The first-order valence-corrected chi connectivity index (χ1v) is 6.27. The number of nitrogens with zero attached hydrogens (tertiary/aromatic N) is 1. The molecule has 0 radical (unpaired) electrons. The van der Waals surface area contributed by atoms with E-state index in [4.69, 9.17) is 9.84 Å². The van der Waals surface area contributed by atoms with Crippen LogP contribution in [0.25, 0.3) is 0 Å². The SMILES string of the molecule is CN(Cc1ccc(C(=O)O)cc1)CC1CCCO1. The van der Waals surface area contributed by atoms with E-state index in [1.807, 2.05) is 12.1 Å². The van der Waals surface area contributed by atoms with Gasteiger partial charge in [0.15, 0.2) is 0 Å². The van der Waals surface area contributed by atoms with Crippen LogP contribution in [0.2, 0.25) is 0 Å². The lowest BCUT2D eigenvalue weighted by Crippen LogP contribution is -2.28. The summed E-state index contributed by atoms with van der Waals surface area (Å²) in [6.07, 6.45) is 2.65. The topological polar surface area (TPSA) is 49.8 Å². The number of rotatable bonds is 5. The minimum Gasteiger partial charge on any atom is -0.478 e. The molecule has 1 saturated heterocycles. The molecule has 1 aromatic rings. The molecular weight excluding hydrogens is 230 g/mol. The Labute approximate surface area is 107 Å². The number of carbonyl (C=O) groups is 1. The first-order chi connectivity index (χ1) is 8.65. The monoisotopic (exact) mass is 249 g/mol. The van der Waals surface area contributed by atoms with Gasteiger partial charge in [-0.1, -0.05) is 12.1 Å². The van der Waals surface area contributed by atoms with E-state index in [9.17, 15) is 4.79 Å². The summed E-state index contributed by atoms with van der Waals surface area (Å²) in [6.45, 7) is 2.63. The predicted molar refractivity (Wildman–Crippen MR) is 68.7 cm³/mol. The Morgan fingerprint density at radius 3 is 2.72 bits per heavy atom. The molecule has 4 nitrogen and oxygen atoms in total. The summed E-state index contributed by atoms with van der Waals surface area (Å²) >= 11 is 0. The number of aromatic carboxylic acids is 1. The van der Waals surface area contributed by atoms with Crippen LogP contribution in [-0.4, -0.2) is 42.3 Å². The molecule has 1 aliphatic heterocycles. The summed E-state index contributed by atoms with van der Waals surface area (Å²) in [5, 5.41) is 8.82. The van der Waals surface area contributed by atoms with Gasteiger partial charge in [0.25, 0.3) is 0 Å². The van der Waals surface area contributed by atoms with Crippen LogP contribution in [0.1, 0.15) is 28.8 Å². The van der Waals surface area contributed by atoms with E-state index >= 15 is 0 Å². The third-order valence-electron chi connectivity index (χ3n) is 3.19. The Morgan fingerprint density at radius 1 is 1.44 bits per heavy atom. The zero-order chi connectivity index (χ0) is 13.0. The first kappa shape index (κ1) is 13.1. The molecule has 0 aliphatic carbocycles. The van der Waals surface area contributed by atoms with Crippen molar-refractivity contribution >= 4 is 5.97 Å². The largest absolute Gasteiger partial charge is 0.478 e. The fourth-order valence-corrected chi connectivity index (χ4v) is 2.26. The summed E-state index contributed by atoms with van der Waals surface area (Å²) in [6, 6.07) is 7.04. The van der Waals surface area contributed by atoms with Gasteiger partial charge in [0, 0.05) is 19.7 Å². The number of likely N-dealkylation sites (N-methyl/N-ethyl adjacent to an activating group) is 1. The van der Waals surface area contributed by atoms with Gasteiger partial charge >= 0.3 is 5.97 Å². The minimum absolute atomic E-state index is 0.334. The molecule has 1 aliphatic rings. The molecule has 0 amide bonds. The zero-order valence-corrected chi connectivity index (χ0v) is 10.6. The highest BCUT2D eigenvalue weighted by Gasteiger charge is 2.17. The highest BCUT2D eigenvalue weighted by Crippen LogP contribution is 2.14. The Hall–Kier alpha value is -1.39. The van der Waals surface area contributed by atoms with Crippen LogP contribution >= 0.6 is 0 Å². The highest BCUT2D eigenvalue weighted by molar-refractivity contribution is 5.87. The van der Waals surface area contributed by atoms with E-state index in [-0.39, 0.29) is 0 Å². The molecule has 0 spiro atoms. The van der Waals surface area contributed by atoms with Crippen LogP contribution in [0.15, 0.2) is 24.3 Å². The maximum absolute atomic E-state index is 10.7. The number of ether oxygens (including phenoxy) is 1. The average Bonchev–Trinajstić information content (AvgIpc) is 2.82. The lowest BCUT2D eigenvalue weighted by Gasteiger charge is -2.20.